The smallest absolute Gasteiger partial charge is 0.168 e. The van der Waals surface area contributed by atoms with Gasteiger partial charge < -0.3 is 4.90 Å². The lowest BCUT2D eigenvalue weighted by Gasteiger charge is -2.04. The third kappa shape index (κ3) is 1.65. The van der Waals surface area contributed by atoms with Crippen molar-refractivity contribution in [2.75, 3.05) is 13.1 Å². The molecule has 3 rings (SSSR count). The Morgan fingerprint density at radius 2 is 2.12 bits per heavy atom. The van der Waals surface area contributed by atoms with E-state index < -0.39 is 0 Å². The van der Waals surface area contributed by atoms with Crippen molar-refractivity contribution in [2.24, 2.45) is 4.99 Å². The van der Waals surface area contributed by atoms with E-state index in [4.69, 9.17) is 0 Å². The van der Waals surface area contributed by atoms with E-state index in [0.717, 1.165) is 24.7 Å². The molecule has 0 unspecified atom stereocenters. The molecule has 0 N–H and O–H groups in total. The van der Waals surface area contributed by atoms with Crippen molar-refractivity contribution in [3.63, 3.8) is 0 Å². The number of hydrogen-bond donors (Lipinski definition) is 0. The maximum absolute atomic E-state index is 4.46. The monoisotopic (exact) mass is 230 g/mol. The van der Waals surface area contributed by atoms with Crippen LogP contribution >= 0.6 is 11.8 Å². The molecule has 0 spiro atoms. The van der Waals surface area contributed by atoms with Gasteiger partial charge in [0.25, 0.3) is 0 Å². The molecule has 0 aromatic heterocycles. The second-order valence-corrected chi connectivity index (χ2v) is 5.01. The molecule has 0 fully saturated rings. The molecular weight excluding hydrogens is 216 g/mol. The summed E-state index contributed by atoms with van der Waals surface area (Å²) in [7, 11) is 0. The Kier molecular flexibility index (Phi) is 2.48. The summed E-state index contributed by atoms with van der Waals surface area (Å²) < 4.78 is 0. The van der Waals surface area contributed by atoms with Gasteiger partial charge in [-0.1, -0.05) is 31.2 Å². The van der Waals surface area contributed by atoms with Gasteiger partial charge in [0.15, 0.2) is 5.17 Å². The average molecular weight is 230 g/mol. The fourth-order valence-corrected chi connectivity index (χ4v) is 3.00. The molecule has 82 valence electrons. The maximum Gasteiger partial charge on any atom is 0.168 e. The van der Waals surface area contributed by atoms with Crippen LogP contribution in [0.25, 0.3) is 4.91 Å². The van der Waals surface area contributed by atoms with Crippen LogP contribution in [-0.2, 0) is 6.42 Å². The Hall–Kier alpha value is -1.22. The molecule has 0 atom stereocenters. The number of rotatable bonds is 2. The summed E-state index contributed by atoms with van der Waals surface area (Å²) in [5, 5.41) is 1.16. The summed E-state index contributed by atoms with van der Waals surface area (Å²) in [6.07, 6.45) is 3.32. The Balaban J connectivity index is 1.85. The third-order valence-electron chi connectivity index (χ3n) is 2.95. The minimum absolute atomic E-state index is 0.945. The fourth-order valence-electron chi connectivity index (χ4n) is 1.95. The van der Waals surface area contributed by atoms with Crippen LogP contribution in [-0.4, -0.2) is 23.2 Å². The van der Waals surface area contributed by atoms with E-state index in [-0.39, 0.29) is 0 Å². The van der Waals surface area contributed by atoms with Crippen LogP contribution < -0.4 is 0 Å². The van der Waals surface area contributed by atoms with Gasteiger partial charge in [-0.05, 0) is 29.3 Å². The molecule has 0 aliphatic carbocycles. The van der Waals surface area contributed by atoms with Crippen LogP contribution in [0.2, 0.25) is 0 Å². The summed E-state index contributed by atoms with van der Waals surface area (Å²) in [6, 6.07) is 8.84. The molecule has 1 aromatic rings. The molecule has 2 aliphatic rings. The highest BCUT2D eigenvalue weighted by Crippen LogP contribution is 2.37. The Labute approximate surface area is 100 Å². The SMILES string of the molecule is CCc1ccc(C2=CN3CCN=C3S2)cc1. The van der Waals surface area contributed by atoms with Crippen LogP contribution in [0.5, 0.6) is 0 Å². The number of amidine groups is 1. The topological polar surface area (TPSA) is 15.6 Å². The molecule has 0 saturated heterocycles. The Morgan fingerprint density at radius 1 is 1.31 bits per heavy atom. The molecule has 2 aliphatic heterocycles. The molecule has 0 radical (unpaired) electrons. The first-order valence-electron chi connectivity index (χ1n) is 5.67. The van der Waals surface area contributed by atoms with Gasteiger partial charge in [-0.2, -0.15) is 0 Å². The Bertz CT molecular complexity index is 459. The summed E-state index contributed by atoms with van der Waals surface area (Å²) in [6.45, 7) is 4.17. The van der Waals surface area contributed by atoms with Gasteiger partial charge in [-0.3, -0.25) is 4.99 Å². The fraction of sp³-hybridized carbons (Fsp3) is 0.308. The highest BCUT2D eigenvalue weighted by molar-refractivity contribution is 8.22. The quantitative estimate of drug-likeness (QED) is 0.776. The van der Waals surface area contributed by atoms with Crippen LogP contribution in [0.15, 0.2) is 35.5 Å². The molecular formula is C13H14N2S. The van der Waals surface area contributed by atoms with Gasteiger partial charge in [0, 0.05) is 17.6 Å². The van der Waals surface area contributed by atoms with Crippen LogP contribution in [0.3, 0.4) is 0 Å². The van der Waals surface area contributed by atoms with E-state index in [9.17, 15) is 0 Å². The van der Waals surface area contributed by atoms with Crippen molar-refractivity contribution in [1.82, 2.24) is 4.90 Å². The van der Waals surface area contributed by atoms with E-state index in [1.54, 1.807) is 11.8 Å². The zero-order chi connectivity index (χ0) is 11.0. The number of hydrogen-bond acceptors (Lipinski definition) is 3. The first kappa shape index (κ1) is 9.97. The van der Waals surface area contributed by atoms with Crippen molar-refractivity contribution in [2.45, 2.75) is 13.3 Å². The summed E-state index contributed by atoms with van der Waals surface area (Å²) in [4.78, 5) is 8.02. The predicted octanol–water partition coefficient (Wildman–Crippen LogP) is 2.97. The molecule has 16 heavy (non-hydrogen) atoms. The number of benzene rings is 1. The summed E-state index contributed by atoms with van der Waals surface area (Å²) >= 11 is 1.78. The van der Waals surface area contributed by atoms with E-state index in [1.807, 2.05) is 0 Å². The third-order valence-corrected chi connectivity index (χ3v) is 4.06. The van der Waals surface area contributed by atoms with Crippen molar-refractivity contribution in [3.05, 3.63) is 41.6 Å². The molecule has 0 amide bonds. The van der Waals surface area contributed by atoms with E-state index in [1.165, 1.54) is 16.0 Å². The molecule has 2 heterocycles. The highest BCUT2D eigenvalue weighted by atomic mass is 32.2. The number of aryl methyl sites for hydroxylation is 1. The molecule has 0 saturated carbocycles. The summed E-state index contributed by atoms with van der Waals surface area (Å²) in [5.74, 6) is 0. The molecule has 2 nitrogen and oxygen atoms in total. The van der Waals surface area contributed by atoms with Crippen LogP contribution in [0, 0.1) is 0 Å². The first-order chi connectivity index (χ1) is 7.86. The van der Waals surface area contributed by atoms with Crippen LogP contribution in [0.1, 0.15) is 18.1 Å². The minimum Gasteiger partial charge on any atom is -0.325 e. The number of thioether (sulfide) groups is 1. The highest BCUT2D eigenvalue weighted by Gasteiger charge is 2.24. The van der Waals surface area contributed by atoms with Crippen molar-refractivity contribution >= 4 is 21.8 Å². The molecule has 3 heteroatoms. The van der Waals surface area contributed by atoms with Crippen molar-refractivity contribution < 1.29 is 0 Å². The lowest BCUT2D eigenvalue weighted by Crippen LogP contribution is -2.14. The second-order valence-electron chi connectivity index (χ2n) is 4.00. The molecule has 0 bridgehead atoms. The first-order valence-corrected chi connectivity index (χ1v) is 6.48. The van der Waals surface area contributed by atoms with Gasteiger partial charge in [-0.25, -0.2) is 0 Å². The normalized spacial score (nSPS) is 18.4. The Morgan fingerprint density at radius 3 is 2.81 bits per heavy atom. The largest absolute Gasteiger partial charge is 0.325 e. The van der Waals surface area contributed by atoms with Gasteiger partial charge in [0.2, 0.25) is 0 Å². The number of aliphatic imine (C=N–C) groups is 1. The number of nitrogens with zero attached hydrogens (tertiary/aromatic N) is 2. The second kappa shape index (κ2) is 3.98. The van der Waals surface area contributed by atoms with Crippen molar-refractivity contribution in [3.8, 4) is 0 Å². The predicted molar refractivity (Wildman–Crippen MR) is 70.4 cm³/mol. The lowest BCUT2D eigenvalue weighted by molar-refractivity contribution is 0.626. The van der Waals surface area contributed by atoms with Gasteiger partial charge in [0.05, 0.1) is 6.54 Å². The van der Waals surface area contributed by atoms with E-state index in [2.05, 4.69) is 47.3 Å². The van der Waals surface area contributed by atoms with Gasteiger partial charge in [0.1, 0.15) is 0 Å². The van der Waals surface area contributed by atoms with E-state index >= 15 is 0 Å². The van der Waals surface area contributed by atoms with Gasteiger partial charge in [-0.15, -0.1) is 0 Å². The van der Waals surface area contributed by atoms with Crippen molar-refractivity contribution in [1.29, 1.82) is 0 Å². The summed E-state index contributed by atoms with van der Waals surface area (Å²) in [5.41, 5.74) is 2.70. The van der Waals surface area contributed by atoms with Gasteiger partial charge >= 0.3 is 0 Å². The molecule has 1 aromatic carbocycles. The maximum atomic E-state index is 4.46. The standard InChI is InChI=1S/C13H14N2S/c1-2-10-3-5-11(6-4-10)12-9-15-8-7-14-13(15)16-12/h3-6,9H,2,7-8H2,1H3. The lowest BCUT2D eigenvalue weighted by atomic mass is 10.1. The zero-order valence-corrected chi connectivity index (χ0v) is 10.1. The zero-order valence-electron chi connectivity index (χ0n) is 9.31. The average Bonchev–Trinajstić information content (AvgIpc) is 2.89. The minimum atomic E-state index is 0.945. The van der Waals surface area contributed by atoms with Crippen LogP contribution in [0.4, 0.5) is 0 Å². The van der Waals surface area contributed by atoms with E-state index in [0.29, 0.717) is 0 Å². The number of fused-ring (bicyclic) bond motifs is 1.